The van der Waals surface area contributed by atoms with Crippen LogP contribution < -0.4 is 5.73 Å². The predicted molar refractivity (Wildman–Crippen MR) is 72.3 cm³/mol. The van der Waals surface area contributed by atoms with E-state index in [1.54, 1.807) is 19.1 Å². The third-order valence-corrected chi connectivity index (χ3v) is 3.43. The molecule has 20 heavy (non-hydrogen) atoms. The molecule has 1 fully saturated rings. The van der Waals surface area contributed by atoms with Gasteiger partial charge in [-0.3, -0.25) is 9.59 Å². The summed E-state index contributed by atoms with van der Waals surface area (Å²) in [5.74, 6) is -1.13. The molecule has 1 aromatic rings. The lowest BCUT2D eigenvalue weighted by atomic mass is 10.0. The molecule has 0 unspecified atom stereocenters. The number of aryl methyl sites for hydroxylation is 1. The first-order valence-electron chi connectivity index (χ1n) is 6.43. The third-order valence-electron chi connectivity index (χ3n) is 3.43. The van der Waals surface area contributed by atoms with Gasteiger partial charge >= 0.3 is 0 Å². The maximum absolute atomic E-state index is 12.5. The molecule has 1 aliphatic heterocycles. The number of primary amides is 1. The fraction of sp³-hybridized carbons (Fsp3) is 0.429. The van der Waals surface area contributed by atoms with Crippen molar-refractivity contribution in [3.63, 3.8) is 0 Å². The lowest BCUT2D eigenvalue weighted by Crippen LogP contribution is -2.58. The topological polar surface area (TPSA) is 92.9 Å². The highest BCUT2D eigenvalue weighted by Crippen LogP contribution is 2.23. The van der Waals surface area contributed by atoms with Crippen LogP contribution in [0.4, 0.5) is 0 Å². The van der Waals surface area contributed by atoms with Crippen LogP contribution in [0.15, 0.2) is 18.2 Å². The fourth-order valence-electron chi connectivity index (χ4n) is 2.41. The number of morpholine rings is 1. The van der Waals surface area contributed by atoms with Crippen LogP contribution in [-0.4, -0.2) is 47.1 Å². The van der Waals surface area contributed by atoms with Crippen LogP contribution in [0, 0.1) is 6.92 Å². The Morgan fingerprint density at radius 1 is 1.45 bits per heavy atom. The Balaban J connectivity index is 2.33. The fourth-order valence-corrected chi connectivity index (χ4v) is 2.41. The predicted octanol–water partition coefficient (Wildman–Crippen LogP) is 0.415. The molecule has 3 N–H and O–H groups in total. The van der Waals surface area contributed by atoms with Gasteiger partial charge in [-0.1, -0.05) is 6.07 Å². The molecule has 0 aromatic heterocycles. The van der Waals surface area contributed by atoms with Gasteiger partial charge in [0.25, 0.3) is 5.91 Å². The molecule has 0 spiro atoms. The minimum atomic E-state index is -0.822. The third kappa shape index (κ3) is 2.60. The van der Waals surface area contributed by atoms with Crippen LogP contribution in [0.3, 0.4) is 0 Å². The smallest absolute Gasteiger partial charge is 0.258 e. The first-order chi connectivity index (χ1) is 9.41. The van der Waals surface area contributed by atoms with Crippen molar-refractivity contribution in [1.82, 2.24) is 4.90 Å². The summed E-state index contributed by atoms with van der Waals surface area (Å²) in [7, 11) is 0. The van der Waals surface area contributed by atoms with Crippen LogP contribution >= 0.6 is 0 Å². The Morgan fingerprint density at radius 3 is 2.75 bits per heavy atom. The van der Waals surface area contributed by atoms with E-state index in [4.69, 9.17) is 10.5 Å². The quantitative estimate of drug-likeness (QED) is 0.819. The summed E-state index contributed by atoms with van der Waals surface area (Å²) < 4.78 is 5.36. The summed E-state index contributed by atoms with van der Waals surface area (Å²) in [4.78, 5) is 25.4. The van der Waals surface area contributed by atoms with Gasteiger partial charge in [-0.25, -0.2) is 0 Å². The average Bonchev–Trinajstić information content (AvgIpc) is 2.37. The van der Waals surface area contributed by atoms with Crippen LogP contribution in [0.25, 0.3) is 0 Å². The van der Waals surface area contributed by atoms with Gasteiger partial charge in [0.2, 0.25) is 5.91 Å². The van der Waals surface area contributed by atoms with Crippen LogP contribution in [0.2, 0.25) is 0 Å². The number of aromatic hydroxyl groups is 1. The van der Waals surface area contributed by atoms with E-state index in [2.05, 4.69) is 0 Å². The normalized spacial score (nSPS) is 22.6. The molecule has 1 saturated heterocycles. The first-order valence-corrected chi connectivity index (χ1v) is 6.43. The Morgan fingerprint density at radius 2 is 2.15 bits per heavy atom. The second-order valence-corrected chi connectivity index (χ2v) is 4.94. The summed E-state index contributed by atoms with van der Waals surface area (Å²) in [5.41, 5.74) is 6.36. The summed E-state index contributed by atoms with van der Waals surface area (Å²) in [6, 6.07) is 3.97. The minimum absolute atomic E-state index is 0.0997. The Kier molecular flexibility index (Phi) is 3.94. The van der Waals surface area contributed by atoms with Crippen molar-refractivity contribution in [1.29, 1.82) is 0 Å². The van der Waals surface area contributed by atoms with E-state index in [1.165, 1.54) is 11.0 Å². The van der Waals surface area contributed by atoms with Crippen molar-refractivity contribution in [3.8, 4) is 5.75 Å². The molecule has 0 bridgehead atoms. The number of hydrogen-bond donors (Lipinski definition) is 2. The van der Waals surface area contributed by atoms with E-state index >= 15 is 0 Å². The number of ether oxygens (including phenoxy) is 1. The molecule has 1 aliphatic rings. The minimum Gasteiger partial charge on any atom is -0.507 e. The van der Waals surface area contributed by atoms with Crippen molar-refractivity contribution >= 4 is 11.8 Å². The standard InChI is InChI=1S/C14H18N2O4/c1-8-3-4-10(11(17)7-8)14(19)16-5-6-20-9(2)12(16)13(15)18/h3-4,7,9,12,17H,5-6H2,1-2H3,(H2,15,18)/t9-,12+/m1/s1. The zero-order valence-corrected chi connectivity index (χ0v) is 11.5. The largest absolute Gasteiger partial charge is 0.507 e. The van der Waals surface area contributed by atoms with Gasteiger partial charge < -0.3 is 20.5 Å². The van der Waals surface area contributed by atoms with Gasteiger partial charge in [-0.2, -0.15) is 0 Å². The van der Waals surface area contributed by atoms with Gasteiger partial charge in [0.05, 0.1) is 18.3 Å². The van der Waals surface area contributed by atoms with Crippen LogP contribution in [0.5, 0.6) is 5.75 Å². The number of carbonyl (C=O) groups is 2. The molecular weight excluding hydrogens is 260 g/mol. The number of hydrogen-bond acceptors (Lipinski definition) is 4. The van der Waals surface area contributed by atoms with E-state index in [0.29, 0.717) is 6.61 Å². The molecule has 6 heteroatoms. The van der Waals surface area contributed by atoms with Crippen molar-refractivity contribution in [2.24, 2.45) is 5.73 Å². The van der Waals surface area contributed by atoms with Crippen molar-refractivity contribution in [2.45, 2.75) is 26.0 Å². The number of benzene rings is 1. The molecule has 0 radical (unpaired) electrons. The number of amides is 2. The van der Waals surface area contributed by atoms with Gasteiger partial charge in [0.1, 0.15) is 11.8 Å². The summed E-state index contributed by atoms with van der Waals surface area (Å²) >= 11 is 0. The number of phenols is 1. The maximum Gasteiger partial charge on any atom is 0.258 e. The van der Waals surface area contributed by atoms with Crippen molar-refractivity contribution in [3.05, 3.63) is 29.3 Å². The van der Waals surface area contributed by atoms with E-state index in [1.807, 2.05) is 6.92 Å². The van der Waals surface area contributed by atoms with Crippen molar-refractivity contribution in [2.75, 3.05) is 13.2 Å². The van der Waals surface area contributed by atoms with E-state index < -0.39 is 24.0 Å². The second-order valence-electron chi connectivity index (χ2n) is 4.94. The zero-order chi connectivity index (χ0) is 14.9. The summed E-state index contributed by atoms with van der Waals surface area (Å²) in [6.45, 7) is 4.12. The van der Waals surface area contributed by atoms with Gasteiger partial charge in [-0.05, 0) is 31.5 Å². The lowest BCUT2D eigenvalue weighted by Gasteiger charge is -2.38. The maximum atomic E-state index is 12.5. The molecule has 0 aliphatic carbocycles. The number of rotatable bonds is 2. The summed E-state index contributed by atoms with van der Waals surface area (Å²) in [5, 5.41) is 9.89. The molecule has 1 aromatic carbocycles. The van der Waals surface area contributed by atoms with Gasteiger partial charge in [0, 0.05) is 6.54 Å². The second kappa shape index (κ2) is 5.50. The Labute approximate surface area is 117 Å². The highest BCUT2D eigenvalue weighted by Gasteiger charge is 2.37. The highest BCUT2D eigenvalue weighted by molar-refractivity contribution is 5.99. The zero-order valence-electron chi connectivity index (χ0n) is 11.5. The Bertz CT molecular complexity index is 544. The van der Waals surface area contributed by atoms with Crippen LogP contribution in [0.1, 0.15) is 22.8 Å². The van der Waals surface area contributed by atoms with Gasteiger partial charge in [-0.15, -0.1) is 0 Å². The molecule has 1 heterocycles. The number of phenolic OH excluding ortho intramolecular Hbond substituents is 1. The molecule has 2 rings (SSSR count). The molecular formula is C14H18N2O4. The SMILES string of the molecule is Cc1ccc(C(=O)N2CCO[C@H](C)[C@H]2C(N)=O)c(O)c1. The van der Waals surface area contributed by atoms with E-state index in [9.17, 15) is 14.7 Å². The molecule has 108 valence electrons. The summed E-state index contributed by atoms with van der Waals surface area (Å²) in [6.07, 6.45) is -0.460. The van der Waals surface area contributed by atoms with E-state index in [-0.39, 0.29) is 17.9 Å². The number of nitrogens with zero attached hydrogens (tertiary/aromatic N) is 1. The highest BCUT2D eigenvalue weighted by atomic mass is 16.5. The molecule has 6 nitrogen and oxygen atoms in total. The molecule has 2 amide bonds. The van der Waals surface area contributed by atoms with Gasteiger partial charge in [0.15, 0.2) is 0 Å². The number of carbonyl (C=O) groups excluding carboxylic acids is 2. The average molecular weight is 278 g/mol. The first kappa shape index (κ1) is 14.3. The monoisotopic (exact) mass is 278 g/mol. The Hall–Kier alpha value is -2.08. The lowest BCUT2D eigenvalue weighted by molar-refractivity contribution is -0.132. The van der Waals surface area contributed by atoms with E-state index in [0.717, 1.165) is 5.56 Å². The molecule has 2 atom stereocenters. The number of nitrogens with two attached hydrogens (primary N) is 1. The molecule has 0 saturated carbocycles. The van der Waals surface area contributed by atoms with Crippen LogP contribution in [-0.2, 0) is 9.53 Å². The van der Waals surface area contributed by atoms with Crippen molar-refractivity contribution < 1.29 is 19.4 Å².